The van der Waals surface area contributed by atoms with E-state index in [4.69, 9.17) is 9.72 Å². The van der Waals surface area contributed by atoms with Gasteiger partial charge in [-0.1, -0.05) is 18.2 Å². The number of carboxylic acid groups (broad SMARTS) is 1. The molecule has 1 aromatic carbocycles. The van der Waals surface area contributed by atoms with Gasteiger partial charge in [-0.2, -0.15) is 0 Å². The van der Waals surface area contributed by atoms with E-state index in [1.807, 2.05) is 24.3 Å². The van der Waals surface area contributed by atoms with Crippen LogP contribution in [0.5, 0.6) is 0 Å². The zero-order chi connectivity index (χ0) is 28.8. The summed E-state index contributed by atoms with van der Waals surface area (Å²) in [6, 6.07) is 11.7. The molecular weight excluding hydrogens is 518 g/mol. The molecule has 0 radical (unpaired) electrons. The van der Waals surface area contributed by atoms with Crippen LogP contribution in [0.2, 0.25) is 0 Å². The average molecular weight is 564 g/mol. The van der Waals surface area contributed by atoms with E-state index in [-0.39, 0.29) is 23.8 Å². The van der Waals surface area contributed by atoms with Gasteiger partial charge in [-0.25, -0.2) is 4.98 Å². The molecule has 1 aromatic heterocycles. The van der Waals surface area contributed by atoms with Crippen molar-refractivity contribution in [2.24, 2.45) is 5.92 Å². The number of aromatic nitrogens is 1. The minimum atomic E-state index is -0.927. The fourth-order valence-electron chi connectivity index (χ4n) is 6.43. The number of anilines is 2. The topological polar surface area (TPSA) is 107 Å². The molecule has 0 bridgehead atoms. The first-order chi connectivity index (χ1) is 19.8. The fourth-order valence-corrected chi connectivity index (χ4v) is 6.43. The van der Waals surface area contributed by atoms with E-state index in [0.717, 1.165) is 87.5 Å². The molecule has 41 heavy (non-hydrogen) atoms. The normalized spacial score (nSPS) is 21.4. The number of morpholine rings is 1. The van der Waals surface area contributed by atoms with Gasteiger partial charge >= 0.3 is 5.97 Å². The molecule has 2 unspecified atom stereocenters. The number of hydrogen-bond donors (Lipinski definition) is 3. The first-order valence-electron chi connectivity index (χ1n) is 15.2. The van der Waals surface area contributed by atoms with Crippen LogP contribution in [0.25, 0.3) is 0 Å². The Bertz CT molecular complexity index is 1220. The van der Waals surface area contributed by atoms with Crippen LogP contribution in [-0.4, -0.2) is 78.3 Å². The van der Waals surface area contributed by atoms with Crippen LogP contribution >= 0.6 is 0 Å². The van der Waals surface area contributed by atoms with E-state index >= 15 is 0 Å². The molecule has 2 fully saturated rings. The summed E-state index contributed by atoms with van der Waals surface area (Å²) in [4.78, 5) is 34.7. The molecule has 3 N–H and O–H groups in total. The Kier molecular flexibility index (Phi) is 9.45. The second kappa shape index (κ2) is 13.2. The Morgan fingerprint density at radius 2 is 2.10 bits per heavy atom. The maximum absolute atomic E-state index is 13.5. The standard InChI is InChI=1S/C32H45N5O4/c1-32(2)22-41-18-17-37(32)27-11-3-7-24(19-27)28(20-29(38)39)35-31(40)25-9-5-15-36(21-25)16-6-10-26-13-12-23-8-4-14-33-30(23)34-26/h3,7,11-13,19,25,28H,4-6,8-10,14-18,20-22H2,1-2H3,(H,33,34)(H,35,40)(H,38,39). The van der Waals surface area contributed by atoms with Crippen molar-refractivity contribution >= 4 is 23.4 Å². The summed E-state index contributed by atoms with van der Waals surface area (Å²) in [5, 5.41) is 16.2. The fraction of sp³-hybridized carbons (Fsp3) is 0.594. The zero-order valence-corrected chi connectivity index (χ0v) is 24.5. The Morgan fingerprint density at radius 3 is 2.93 bits per heavy atom. The van der Waals surface area contributed by atoms with Gasteiger partial charge in [-0.3, -0.25) is 9.59 Å². The number of amides is 1. The number of aryl methyl sites for hydroxylation is 2. The number of fused-ring (bicyclic) bond motifs is 1. The van der Waals surface area contributed by atoms with Crippen molar-refractivity contribution in [2.45, 2.75) is 70.4 Å². The van der Waals surface area contributed by atoms with E-state index in [9.17, 15) is 14.7 Å². The average Bonchev–Trinajstić information content (AvgIpc) is 2.96. The molecule has 9 heteroatoms. The predicted octanol–water partition coefficient (Wildman–Crippen LogP) is 4.03. The van der Waals surface area contributed by atoms with Crippen LogP contribution in [0.4, 0.5) is 11.5 Å². The number of rotatable bonds is 10. The maximum Gasteiger partial charge on any atom is 0.305 e. The molecule has 0 saturated carbocycles. The first-order valence-corrected chi connectivity index (χ1v) is 15.2. The lowest BCUT2D eigenvalue weighted by Gasteiger charge is -2.44. The summed E-state index contributed by atoms with van der Waals surface area (Å²) in [5.74, 6) is -0.0878. The van der Waals surface area contributed by atoms with Crippen LogP contribution in [0.3, 0.4) is 0 Å². The second-order valence-electron chi connectivity index (χ2n) is 12.4. The second-order valence-corrected chi connectivity index (χ2v) is 12.4. The quantitative estimate of drug-likeness (QED) is 0.398. The number of nitrogens with one attached hydrogen (secondary N) is 2. The molecule has 0 spiro atoms. The number of nitrogens with zero attached hydrogens (tertiary/aromatic N) is 3. The van der Waals surface area contributed by atoms with Gasteiger partial charge in [0.05, 0.1) is 37.1 Å². The Balaban J connectivity index is 1.18. The van der Waals surface area contributed by atoms with Crippen LogP contribution in [0.1, 0.15) is 68.8 Å². The number of pyridine rings is 1. The van der Waals surface area contributed by atoms with Gasteiger partial charge < -0.3 is 30.3 Å². The van der Waals surface area contributed by atoms with Gasteiger partial charge in [0.15, 0.2) is 0 Å². The third-order valence-electron chi connectivity index (χ3n) is 8.66. The molecule has 0 aliphatic carbocycles. The smallest absolute Gasteiger partial charge is 0.305 e. The highest BCUT2D eigenvalue weighted by Gasteiger charge is 2.32. The van der Waals surface area contributed by atoms with Crippen molar-refractivity contribution in [3.8, 4) is 0 Å². The lowest BCUT2D eigenvalue weighted by molar-refractivity contribution is -0.138. The first kappa shape index (κ1) is 29.3. The van der Waals surface area contributed by atoms with E-state index in [0.29, 0.717) is 19.8 Å². The van der Waals surface area contributed by atoms with Crippen molar-refractivity contribution in [1.29, 1.82) is 0 Å². The van der Waals surface area contributed by atoms with Crippen LogP contribution in [-0.2, 0) is 27.2 Å². The van der Waals surface area contributed by atoms with Gasteiger partial charge in [0, 0.05) is 31.0 Å². The Labute approximate surface area is 243 Å². The molecule has 2 aromatic rings. The molecule has 3 aliphatic heterocycles. The number of piperidine rings is 1. The van der Waals surface area contributed by atoms with Crippen molar-refractivity contribution in [3.05, 3.63) is 53.2 Å². The maximum atomic E-state index is 13.5. The molecular formula is C32H45N5O4. The number of likely N-dealkylation sites (tertiary alicyclic amines) is 1. The number of carbonyl (C=O) groups is 2. The van der Waals surface area contributed by atoms with Crippen molar-refractivity contribution < 1.29 is 19.4 Å². The molecule has 3 aliphatic rings. The van der Waals surface area contributed by atoms with Crippen LogP contribution in [0.15, 0.2) is 36.4 Å². The number of carbonyl (C=O) groups excluding carboxylic acids is 1. The summed E-state index contributed by atoms with van der Waals surface area (Å²) in [7, 11) is 0. The summed E-state index contributed by atoms with van der Waals surface area (Å²) >= 11 is 0. The third-order valence-corrected chi connectivity index (χ3v) is 8.66. The molecule has 2 saturated heterocycles. The predicted molar refractivity (Wildman–Crippen MR) is 160 cm³/mol. The highest BCUT2D eigenvalue weighted by molar-refractivity contribution is 5.80. The monoisotopic (exact) mass is 563 g/mol. The Morgan fingerprint density at radius 1 is 1.22 bits per heavy atom. The van der Waals surface area contributed by atoms with Crippen LogP contribution in [0, 0.1) is 5.92 Å². The van der Waals surface area contributed by atoms with Crippen LogP contribution < -0.4 is 15.5 Å². The molecule has 5 rings (SSSR count). The minimum Gasteiger partial charge on any atom is -0.481 e. The minimum absolute atomic E-state index is 0.0551. The molecule has 4 heterocycles. The largest absolute Gasteiger partial charge is 0.481 e. The third kappa shape index (κ3) is 7.57. The molecule has 1 amide bonds. The van der Waals surface area contributed by atoms with Gasteiger partial charge in [0.1, 0.15) is 5.82 Å². The number of carboxylic acids is 1. The van der Waals surface area contributed by atoms with Gasteiger partial charge in [-0.15, -0.1) is 0 Å². The SMILES string of the molecule is CC1(C)COCCN1c1cccc(C(CC(=O)O)NC(=O)C2CCCN(CCCc3ccc4c(n3)NCCC4)C2)c1. The van der Waals surface area contributed by atoms with E-state index in [1.165, 1.54) is 5.56 Å². The summed E-state index contributed by atoms with van der Waals surface area (Å²) < 4.78 is 5.68. The molecule has 9 nitrogen and oxygen atoms in total. The summed E-state index contributed by atoms with van der Waals surface area (Å²) in [5.41, 5.74) is 4.10. The van der Waals surface area contributed by atoms with E-state index < -0.39 is 12.0 Å². The number of aliphatic carboxylic acids is 1. The Hall–Kier alpha value is -3.17. The van der Waals surface area contributed by atoms with Crippen molar-refractivity contribution in [3.63, 3.8) is 0 Å². The summed E-state index contributed by atoms with van der Waals surface area (Å²) in [6.45, 7) is 9.94. The van der Waals surface area contributed by atoms with Gasteiger partial charge in [0.25, 0.3) is 0 Å². The van der Waals surface area contributed by atoms with E-state index in [2.05, 4.69) is 46.4 Å². The molecule has 2 atom stereocenters. The van der Waals surface area contributed by atoms with Crippen molar-refractivity contribution in [1.82, 2.24) is 15.2 Å². The van der Waals surface area contributed by atoms with Gasteiger partial charge in [-0.05, 0) is 94.8 Å². The lowest BCUT2D eigenvalue weighted by atomic mass is 9.94. The lowest BCUT2D eigenvalue weighted by Crippen LogP contribution is -2.53. The van der Waals surface area contributed by atoms with Gasteiger partial charge in [0.2, 0.25) is 5.91 Å². The number of benzene rings is 1. The highest BCUT2D eigenvalue weighted by Crippen LogP contribution is 2.30. The number of ether oxygens (including phenoxy) is 1. The zero-order valence-electron chi connectivity index (χ0n) is 24.5. The van der Waals surface area contributed by atoms with E-state index in [1.54, 1.807) is 0 Å². The van der Waals surface area contributed by atoms with Crippen molar-refractivity contribution in [2.75, 3.05) is 56.2 Å². The molecule has 222 valence electrons. The number of hydrogen-bond acceptors (Lipinski definition) is 7. The summed E-state index contributed by atoms with van der Waals surface area (Å²) in [6.07, 6.45) is 5.80. The highest BCUT2D eigenvalue weighted by atomic mass is 16.5.